The van der Waals surface area contributed by atoms with Gasteiger partial charge < -0.3 is 19.5 Å². The molecular formula is C25H32F6N2O5. The van der Waals surface area contributed by atoms with Gasteiger partial charge in [0.1, 0.15) is 0 Å². The van der Waals surface area contributed by atoms with E-state index in [2.05, 4.69) is 4.74 Å². The molecule has 0 radical (unpaired) electrons. The molecule has 1 aromatic rings. The number of rotatable bonds is 7. The fraction of sp³-hybridized carbons (Fsp3) is 0.680. The number of piperidine rings is 2. The van der Waals surface area contributed by atoms with Crippen LogP contribution < -0.4 is 0 Å². The van der Waals surface area contributed by atoms with Crippen LogP contribution in [0.15, 0.2) is 18.2 Å². The number of hydrogen-bond donors (Lipinski definition) is 1. The van der Waals surface area contributed by atoms with E-state index in [0.29, 0.717) is 37.1 Å². The second kappa shape index (κ2) is 11.7. The lowest BCUT2D eigenvalue weighted by molar-refractivity contribution is -0.200. The third-order valence-corrected chi connectivity index (χ3v) is 7.13. The number of amides is 1. The fourth-order valence-corrected chi connectivity index (χ4v) is 4.55. The summed E-state index contributed by atoms with van der Waals surface area (Å²) in [5, 5.41) is 9.15. The Bertz CT molecular complexity index is 983. The van der Waals surface area contributed by atoms with E-state index in [1.165, 1.54) is 0 Å². The zero-order chi connectivity index (χ0) is 28.3. The van der Waals surface area contributed by atoms with Gasteiger partial charge in [-0.25, -0.2) is 4.79 Å². The highest BCUT2D eigenvalue weighted by molar-refractivity contribution is 5.70. The molecule has 0 aliphatic carbocycles. The fourth-order valence-electron chi connectivity index (χ4n) is 4.55. The number of benzene rings is 1. The number of nitrogens with zero attached hydrogens (tertiary/aromatic N) is 2. The molecule has 1 aromatic carbocycles. The van der Waals surface area contributed by atoms with E-state index >= 15 is 0 Å². The number of carbonyl (C=O) groups excluding carboxylic acids is 1. The SMILES string of the molecule is CC(OC(=O)N1CCC(C)(OCc2cc(CN3CCC(C(=O)O)CC3)cc(C(F)(F)F)c2)CC1)C(F)(F)F. The molecule has 0 spiro atoms. The molecule has 2 aliphatic rings. The van der Waals surface area contributed by atoms with Gasteiger partial charge in [0.2, 0.25) is 0 Å². The van der Waals surface area contributed by atoms with E-state index in [1.807, 2.05) is 4.90 Å². The number of alkyl halides is 6. The summed E-state index contributed by atoms with van der Waals surface area (Å²) in [6.07, 6.45) is -11.1. The summed E-state index contributed by atoms with van der Waals surface area (Å²) < 4.78 is 89.2. The lowest BCUT2D eigenvalue weighted by Gasteiger charge is -2.39. The normalized spacial score (nSPS) is 20.3. The van der Waals surface area contributed by atoms with Crippen LogP contribution in [0, 0.1) is 5.92 Å². The molecule has 0 saturated carbocycles. The molecule has 1 unspecified atom stereocenters. The van der Waals surface area contributed by atoms with E-state index in [1.54, 1.807) is 13.0 Å². The smallest absolute Gasteiger partial charge is 0.425 e. The van der Waals surface area contributed by atoms with Crippen molar-refractivity contribution in [1.29, 1.82) is 0 Å². The van der Waals surface area contributed by atoms with Gasteiger partial charge in [-0.2, -0.15) is 26.3 Å². The quantitative estimate of drug-likeness (QED) is 0.451. The van der Waals surface area contributed by atoms with Crippen LogP contribution in [-0.2, 0) is 33.6 Å². The van der Waals surface area contributed by atoms with Crippen LogP contribution in [0.4, 0.5) is 31.1 Å². The summed E-state index contributed by atoms with van der Waals surface area (Å²) in [5.74, 6) is -1.31. The maximum absolute atomic E-state index is 13.6. The Hall–Kier alpha value is -2.54. The average Bonchev–Trinajstić information content (AvgIpc) is 2.82. The van der Waals surface area contributed by atoms with Crippen molar-refractivity contribution in [2.24, 2.45) is 5.92 Å². The number of aliphatic carboxylic acids is 1. The Morgan fingerprint density at radius 1 is 1.03 bits per heavy atom. The number of carboxylic acids is 1. The zero-order valence-corrected chi connectivity index (χ0v) is 21.2. The molecule has 0 aromatic heterocycles. The number of carboxylic acid groups (broad SMARTS) is 1. The summed E-state index contributed by atoms with van der Waals surface area (Å²) in [6.45, 7) is 3.72. The van der Waals surface area contributed by atoms with Crippen molar-refractivity contribution < 1.29 is 50.5 Å². The Balaban J connectivity index is 1.60. The van der Waals surface area contributed by atoms with Crippen molar-refractivity contribution in [3.8, 4) is 0 Å². The van der Waals surface area contributed by atoms with Crippen LogP contribution in [-0.4, -0.2) is 71.0 Å². The minimum Gasteiger partial charge on any atom is -0.481 e. The average molecular weight is 555 g/mol. The molecule has 2 saturated heterocycles. The molecule has 1 atom stereocenters. The third kappa shape index (κ3) is 8.23. The molecule has 7 nitrogen and oxygen atoms in total. The van der Waals surface area contributed by atoms with Gasteiger partial charge in [-0.3, -0.25) is 9.69 Å². The lowest BCUT2D eigenvalue weighted by atomic mass is 9.93. The second-order valence-corrected chi connectivity index (χ2v) is 10.2. The molecule has 38 heavy (non-hydrogen) atoms. The van der Waals surface area contributed by atoms with Gasteiger partial charge in [-0.1, -0.05) is 6.07 Å². The number of likely N-dealkylation sites (tertiary alicyclic amines) is 2. The van der Waals surface area contributed by atoms with Gasteiger partial charge in [-0.15, -0.1) is 0 Å². The highest BCUT2D eigenvalue weighted by Gasteiger charge is 2.41. The number of carbonyl (C=O) groups is 2. The van der Waals surface area contributed by atoms with Gasteiger partial charge in [-0.05, 0) is 75.9 Å². The molecule has 1 N–H and O–H groups in total. The van der Waals surface area contributed by atoms with Crippen LogP contribution in [0.3, 0.4) is 0 Å². The summed E-state index contributed by atoms with van der Waals surface area (Å²) in [7, 11) is 0. The predicted molar refractivity (Wildman–Crippen MR) is 123 cm³/mol. The van der Waals surface area contributed by atoms with E-state index in [9.17, 15) is 35.9 Å². The topological polar surface area (TPSA) is 79.3 Å². The van der Waals surface area contributed by atoms with E-state index in [0.717, 1.165) is 24.0 Å². The van der Waals surface area contributed by atoms with Gasteiger partial charge in [0.25, 0.3) is 0 Å². The highest BCUT2D eigenvalue weighted by Crippen LogP contribution is 2.33. The van der Waals surface area contributed by atoms with E-state index in [-0.39, 0.29) is 39.1 Å². The maximum atomic E-state index is 13.6. The standard InChI is InChI=1S/C25H32F6N2O5/c1-16(24(26,27)28)38-22(36)33-9-5-23(2,6-10-33)37-15-18-11-17(12-20(13-18)25(29,30)31)14-32-7-3-19(4-8-32)21(34)35/h11-13,16,19H,3-10,14-15H2,1-2H3,(H,34,35). The second-order valence-electron chi connectivity index (χ2n) is 10.2. The minimum absolute atomic E-state index is 0.0834. The van der Waals surface area contributed by atoms with Crippen molar-refractivity contribution in [1.82, 2.24) is 9.80 Å². The monoisotopic (exact) mass is 554 g/mol. The molecule has 2 heterocycles. The van der Waals surface area contributed by atoms with Gasteiger partial charge in [0.15, 0.2) is 6.10 Å². The molecule has 1 amide bonds. The van der Waals surface area contributed by atoms with Crippen molar-refractivity contribution >= 4 is 12.1 Å². The summed E-state index contributed by atoms with van der Waals surface area (Å²) in [4.78, 5) is 26.3. The Morgan fingerprint density at radius 3 is 2.13 bits per heavy atom. The molecule has 3 rings (SSSR count). The molecule has 2 aliphatic heterocycles. The van der Waals surface area contributed by atoms with Gasteiger partial charge in [0.05, 0.1) is 23.7 Å². The van der Waals surface area contributed by atoms with E-state index < -0.39 is 47.6 Å². The molecule has 13 heteroatoms. The summed E-state index contributed by atoms with van der Waals surface area (Å²) >= 11 is 0. The first-order chi connectivity index (χ1) is 17.6. The molecule has 2 fully saturated rings. The van der Waals surface area contributed by atoms with Crippen molar-refractivity contribution in [3.05, 3.63) is 34.9 Å². The highest BCUT2D eigenvalue weighted by atomic mass is 19.4. The van der Waals surface area contributed by atoms with Crippen molar-refractivity contribution in [3.63, 3.8) is 0 Å². The number of hydrogen-bond acceptors (Lipinski definition) is 5. The van der Waals surface area contributed by atoms with Crippen molar-refractivity contribution in [2.75, 3.05) is 26.2 Å². The first kappa shape index (κ1) is 30.0. The van der Waals surface area contributed by atoms with Crippen LogP contribution in [0.1, 0.15) is 56.2 Å². The van der Waals surface area contributed by atoms with Crippen molar-refractivity contribution in [2.45, 2.75) is 76.7 Å². The Labute approximate surface area is 216 Å². The van der Waals surface area contributed by atoms with Gasteiger partial charge >= 0.3 is 24.4 Å². The summed E-state index contributed by atoms with van der Waals surface area (Å²) in [6, 6.07) is 3.74. The third-order valence-electron chi connectivity index (χ3n) is 7.13. The summed E-state index contributed by atoms with van der Waals surface area (Å²) in [5.41, 5.74) is -0.846. The van der Waals surface area contributed by atoms with Crippen LogP contribution in [0.2, 0.25) is 0 Å². The molecular weight excluding hydrogens is 522 g/mol. The molecule has 214 valence electrons. The maximum Gasteiger partial charge on any atom is 0.425 e. The van der Waals surface area contributed by atoms with Crippen LogP contribution >= 0.6 is 0 Å². The predicted octanol–water partition coefficient (Wildman–Crippen LogP) is 5.46. The van der Waals surface area contributed by atoms with E-state index in [4.69, 9.17) is 9.84 Å². The Kier molecular flexibility index (Phi) is 9.23. The zero-order valence-electron chi connectivity index (χ0n) is 21.2. The first-order valence-corrected chi connectivity index (χ1v) is 12.4. The minimum atomic E-state index is -4.66. The number of halogens is 6. The largest absolute Gasteiger partial charge is 0.481 e. The lowest BCUT2D eigenvalue weighted by Crippen LogP contribution is -2.48. The number of ether oxygens (including phenoxy) is 2. The van der Waals surface area contributed by atoms with Gasteiger partial charge in [0, 0.05) is 19.6 Å². The van der Waals surface area contributed by atoms with Crippen LogP contribution in [0.25, 0.3) is 0 Å². The Morgan fingerprint density at radius 2 is 1.61 bits per heavy atom. The molecule has 0 bridgehead atoms. The van der Waals surface area contributed by atoms with Crippen LogP contribution in [0.5, 0.6) is 0 Å². The first-order valence-electron chi connectivity index (χ1n) is 12.4.